The third-order valence-corrected chi connectivity index (χ3v) is 7.91. The molecule has 0 saturated carbocycles. The molecule has 0 aliphatic heterocycles. The van der Waals surface area contributed by atoms with Crippen LogP contribution in [0.25, 0.3) is 21.5 Å². The Kier molecular flexibility index (Phi) is 15.0. The molecule has 0 aliphatic carbocycles. The van der Waals surface area contributed by atoms with Gasteiger partial charge < -0.3 is 13.7 Å². The maximum atomic E-state index is 12.4. The van der Waals surface area contributed by atoms with Crippen molar-refractivity contribution in [3.63, 3.8) is 0 Å². The molecule has 0 aliphatic rings. The molecule has 15 heteroatoms. The minimum atomic E-state index is -4.89. The Morgan fingerprint density at radius 1 is 0.596 bits per heavy atom. The van der Waals surface area contributed by atoms with Crippen molar-refractivity contribution in [1.29, 1.82) is 0 Å². The maximum Gasteiger partial charge on any atom is 0.296 e. The van der Waals surface area contributed by atoms with Crippen LogP contribution in [0.5, 0.6) is 0 Å². The second-order valence-electron chi connectivity index (χ2n) is 8.80. The van der Waals surface area contributed by atoms with Gasteiger partial charge in [-0.2, -0.15) is 18.6 Å². The molecule has 5 aromatic carbocycles. The van der Waals surface area contributed by atoms with E-state index in [1.54, 1.807) is 42.5 Å². The van der Waals surface area contributed by atoms with Gasteiger partial charge in [0.25, 0.3) is 10.1 Å². The Morgan fingerprint density at radius 3 is 1.70 bits per heavy atom. The summed E-state index contributed by atoms with van der Waals surface area (Å²) < 4.78 is 65.4. The first-order valence-electron chi connectivity index (χ1n) is 14.8. The Hall–Kier alpha value is -3.85. The Morgan fingerprint density at radius 2 is 1.13 bits per heavy atom. The van der Waals surface area contributed by atoms with Crippen molar-refractivity contribution in [2.45, 2.75) is 51.3 Å². The highest BCUT2D eigenvalue weighted by Gasteiger charge is 2.28. The summed E-state index contributed by atoms with van der Waals surface area (Å²) in [6, 6.07) is 23.3. The quantitative estimate of drug-likeness (QED) is 0.0768. The first-order valence-corrected chi connectivity index (χ1v) is 17.8. The van der Waals surface area contributed by atoms with E-state index in [4.69, 9.17) is 15.6 Å². The third-order valence-electron chi connectivity index (χ3n) is 6.14. The average Bonchev–Trinajstić information content (AvgIpc) is 3.08. The first-order chi connectivity index (χ1) is 22.5. The van der Waals surface area contributed by atoms with E-state index in [9.17, 15) is 26.6 Å². The predicted molar refractivity (Wildman–Crippen MR) is 197 cm³/mol. The highest BCUT2D eigenvalue weighted by molar-refractivity contribution is 8.19. The Bertz CT molecular complexity index is 1970. The summed E-state index contributed by atoms with van der Waals surface area (Å²) >= 11 is 0. The largest absolute Gasteiger partial charge is 0.304 e. The van der Waals surface area contributed by atoms with Gasteiger partial charge in [0.2, 0.25) is 0 Å². The van der Waals surface area contributed by atoms with Gasteiger partial charge in [0.1, 0.15) is 29.3 Å². The molecule has 0 heterocycles. The van der Waals surface area contributed by atoms with E-state index in [-0.39, 0.29) is 33.1 Å². The van der Waals surface area contributed by atoms with Crippen molar-refractivity contribution in [1.82, 2.24) is 0 Å². The molecule has 0 aromatic heterocycles. The van der Waals surface area contributed by atoms with Crippen LogP contribution in [0.3, 0.4) is 0 Å². The van der Waals surface area contributed by atoms with Crippen LogP contribution < -0.4 is 10.9 Å². The van der Waals surface area contributed by atoms with E-state index in [1.807, 2.05) is 71.9 Å². The van der Waals surface area contributed by atoms with Crippen molar-refractivity contribution in [2.24, 2.45) is 20.5 Å². The molecular formula is C32H36B3N4O6S2. The summed E-state index contributed by atoms with van der Waals surface area (Å²) in [4.78, 5) is -1.19. The fourth-order valence-electron chi connectivity index (χ4n) is 4.29. The molecule has 241 valence electrons. The van der Waals surface area contributed by atoms with E-state index in [0.29, 0.717) is 11.4 Å². The van der Waals surface area contributed by atoms with Crippen molar-refractivity contribution in [2.75, 3.05) is 0 Å². The molecular weight excluding hydrogens is 633 g/mol. The molecule has 0 fully saturated rings. The fourth-order valence-corrected chi connectivity index (χ4v) is 5.65. The second-order valence-corrected chi connectivity index (χ2v) is 11.7. The molecule has 0 bridgehead atoms. The van der Waals surface area contributed by atoms with Gasteiger partial charge in [-0.05, 0) is 57.9 Å². The number of fused-ring (bicyclic) bond motifs is 2. The van der Waals surface area contributed by atoms with Crippen LogP contribution in [0, 0.1) is 0 Å². The molecule has 10 nitrogen and oxygen atoms in total. The van der Waals surface area contributed by atoms with E-state index in [2.05, 4.69) is 20.5 Å². The van der Waals surface area contributed by atoms with Gasteiger partial charge in [-0.15, -0.1) is 10.2 Å². The Balaban J connectivity index is 0.00000121. The summed E-state index contributed by atoms with van der Waals surface area (Å²) in [5.41, 5.74) is -0.0746. The zero-order valence-corrected chi connectivity index (χ0v) is 28.7. The van der Waals surface area contributed by atoms with Gasteiger partial charge in [-0.3, -0.25) is 4.55 Å². The minimum absolute atomic E-state index is 0.0147. The number of benzene rings is 5. The predicted octanol–water partition coefficient (Wildman–Crippen LogP) is 8.94. The minimum Gasteiger partial charge on any atom is -0.304 e. The standard InChI is InChI=1S/C26H18B3N4O6S2.3C2H6/c27-23-22-17(14-21(41(37,38)39)26(24(22)29-28)33-30-18-8-2-1-3-9-18)13-20(40(34,35)36)25(23)32-31-19-11-10-15-6-4-5-7-16(15)12-19;3*1-2/h1-14,34-36H,(H,37,38,39);3*1-2H3. The topological polar surface area (TPSA) is 164 Å². The molecule has 47 heavy (non-hydrogen) atoms. The zero-order valence-electron chi connectivity index (χ0n) is 27.0. The SMILES string of the molecule is CC.CC.CC.[B][B]c1c(N=Nc2ccccc2)c(S(=O)(=O)O)cc2cc(S(O)(O)O)c(N=Nc3ccc4ccccc4c3)c([B])c12. The summed E-state index contributed by atoms with van der Waals surface area (Å²) in [6.45, 7) is 12.0. The molecule has 0 atom stereocenters. The van der Waals surface area contributed by atoms with Crippen molar-refractivity contribution >= 4 is 99.0 Å². The van der Waals surface area contributed by atoms with Gasteiger partial charge >= 0.3 is 0 Å². The van der Waals surface area contributed by atoms with Gasteiger partial charge in [-0.1, -0.05) is 101 Å². The maximum absolute atomic E-state index is 12.4. The van der Waals surface area contributed by atoms with Crippen LogP contribution >= 0.6 is 10.9 Å². The summed E-state index contributed by atoms with van der Waals surface area (Å²) in [5, 5.41) is 18.4. The lowest BCUT2D eigenvalue weighted by Crippen LogP contribution is -2.25. The highest BCUT2D eigenvalue weighted by atomic mass is 32.3. The van der Waals surface area contributed by atoms with Crippen LogP contribution in [0.15, 0.2) is 115 Å². The van der Waals surface area contributed by atoms with Gasteiger partial charge in [0, 0.05) is 7.74 Å². The average molecular weight is 669 g/mol. The van der Waals surface area contributed by atoms with Crippen molar-refractivity contribution in [3.05, 3.63) is 84.9 Å². The van der Waals surface area contributed by atoms with Crippen LogP contribution in [0.4, 0.5) is 22.7 Å². The molecule has 0 amide bonds. The molecule has 0 unspecified atom stereocenters. The summed E-state index contributed by atoms with van der Waals surface area (Å²) in [6.07, 6.45) is 0. The molecule has 5 radical (unpaired) electrons. The monoisotopic (exact) mass is 669 g/mol. The van der Waals surface area contributed by atoms with E-state index in [1.165, 1.54) is 0 Å². The number of nitrogens with zero attached hydrogens (tertiary/aromatic N) is 4. The van der Waals surface area contributed by atoms with Gasteiger partial charge in [-0.25, -0.2) is 0 Å². The van der Waals surface area contributed by atoms with Crippen molar-refractivity contribution in [3.8, 4) is 0 Å². The fraction of sp³-hybridized carbons (Fsp3) is 0.188. The number of hydrogen-bond donors (Lipinski definition) is 4. The normalized spacial score (nSPS) is 11.7. The lowest BCUT2D eigenvalue weighted by molar-refractivity contribution is 0.376. The van der Waals surface area contributed by atoms with Crippen molar-refractivity contribution < 1.29 is 26.6 Å². The summed E-state index contributed by atoms with van der Waals surface area (Å²) in [5.74, 6) is 0. The first kappa shape index (κ1) is 39.3. The smallest absolute Gasteiger partial charge is 0.296 e. The van der Waals surface area contributed by atoms with Gasteiger partial charge in [0.05, 0.1) is 29.1 Å². The van der Waals surface area contributed by atoms with Gasteiger partial charge in [0.15, 0.2) is 0 Å². The van der Waals surface area contributed by atoms with E-state index in [0.717, 1.165) is 30.1 Å². The van der Waals surface area contributed by atoms with Crippen LogP contribution in [-0.2, 0) is 10.1 Å². The van der Waals surface area contributed by atoms with E-state index < -0.39 is 30.8 Å². The summed E-state index contributed by atoms with van der Waals surface area (Å²) in [7, 11) is 4.04. The molecule has 5 rings (SSSR count). The van der Waals surface area contributed by atoms with E-state index >= 15 is 0 Å². The molecule has 0 spiro atoms. The highest BCUT2D eigenvalue weighted by Crippen LogP contribution is 2.49. The lowest BCUT2D eigenvalue weighted by Gasteiger charge is -2.24. The zero-order chi connectivity index (χ0) is 35.4. The number of azo groups is 2. The molecule has 5 aromatic rings. The third kappa shape index (κ3) is 9.60. The van der Waals surface area contributed by atoms with Crippen LogP contribution in [-0.4, -0.2) is 49.4 Å². The Labute approximate surface area is 281 Å². The van der Waals surface area contributed by atoms with Crippen LogP contribution in [0.2, 0.25) is 0 Å². The second kappa shape index (κ2) is 17.9. The molecule has 4 N–H and O–H groups in total. The molecule has 0 saturated heterocycles. The van der Waals surface area contributed by atoms with Crippen LogP contribution in [0.1, 0.15) is 41.5 Å². The number of hydrogen-bond acceptors (Lipinski definition) is 9. The lowest BCUT2D eigenvalue weighted by atomic mass is 9.49. The number of rotatable bonds is 7.